The van der Waals surface area contributed by atoms with Gasteiger partial charge in [0.1, 0.15) is 0 Å². The number of hydrogen-bond donors (Lipinski definition) is 1. The van der Waals surface area contributed by atoms with Gasteiger partial charge in [-0.05, 0) is 51.5 Å². The zero-order chi connectivity index (χ0) is 11.6. The van der Waals surface area contributed by atoms with Crippen molar-refractivity contribution in [2.45, 2.75) is 70.8 Å². The fraction of sp³-hybridized carbons (Fsp3) is 0.867. The zero-order valence-electron chi connectivity index (χ0n) is 11.0. The summed E-state index contributed by atoms with van der Waals surface area (Å²) in [6.45, 7) is 7.33. The molecule has 0 amide bonds. The highest BCUT2D eigenvalue weighted by atomic mass is 14.9. The molecule has 0 heterocycles. The zero-order valence-corrected chi connectivity index (χ0v) is 11.0. The highest BCUT2D eigenvalue weighted by molar-refractivity contribution is 4.75. The first kappa shape index (κ1) is 13.8. The van der Waals surface area contributed by atoms with Crippen LogP contribution in [0.3, 0.4) is 0 Å². The molecule has 0 aromatic rings. The number of rotatable bonds is 8. The summed E-state index contributed by atoms with van der Waals surface area (Å²) in [5, 5.41) is 3.70. The second-order valence-electron chi connectivity index (χ2n) is 5.28. The molecular weight excluding hydrogens is 194 g/mol. The summed E-state index contributed by atoms with van der Waals surface area (Å²) in [5.74, 6) is 0.946. The maximum absolute atomic E-state index is 3.75. The molecule has 1 aliphatic carbocycles. The van der Waals surface area contributed by atoms with Crippen LogP contribution in [-0.4, -0.2) is 12.6 Å². The van der Waals surface area contributed by atoms with E-state index in [0.29, 0.717) is 0 Å². The molecule has 1 heteroatoms. The number of allylic oxidation sites excluding steroid dienone is 1. The Balaban J connectivity index is 1.96. The molecular formula is C15H29N. The smallest absolute Gasteiger partial charge is 0.00669 e. The standard InChI is InChI=1S/C15H29N/c1-3-4-5-6-10-13-16-14(2)15-11-8-7-9-12-15/h3,14-16H,1,4-13H2,2H3/t14-/m0/s1. The Morgan fingerprint density at radius 2 is 1.94 bits per heavy atom. The lowest BCUT2D eigenvalue weighted by Gasteiger charge is -2.28. The van der Waals surface area contributed by atoms with E-state index in [1.54, 1.807) is 0 Å². The summed E-state index contributed by atoms with van der Waals surface area (Å²) < 4.78 is 0. The molecule has 0 unspecified atom stereocenters. The van der Waals surface area contributed by atoms with E-state index in [1.165, 1.54) is 64.3 Å². The van der Waals surface area contributed by atoms with Gasteiger partial charge < -0.3 is 5.32 Å². The molecule has 1 rings (SSSR count). The third-order valence-corrected chi connectivity index (χ3v) is 3.91. The molecule has 1 aliphatic rings. The maximum atomic E-state index is 3.75. The van der Waals surface area contributed by atoms with E-state index >= 15 is 0 Å². The number of nitrogens with one attached hydrogen (secondary N) is 1. The third-order valence-electron chi connectivity index (χ3n) is 3.91. The molecule has 1 nitrogen and oxygen atoms in total. The van der Waals surface area contributed by atoms with Crippen molar-refractivity contribution in [1.82, 2.24) is 5.32 Å². The van der Waals surface area contributed by atoms with Gasteiger partial charge in [-0.25, -0.2) is 0 Å². The van der Waals surface area contributed by atoms with Gasteiger partial charge in [-0.2, -0.15) is 0 Å². The Labute approximate surface area is 102 Å². The molecule has 94 valence electrons. The summed E-state index contributed by atoms with van der Waals surface area (Å²) >= 11 is 0. The van der Waals surface area contributed by atoms with Crippen LogP contribution in [0.1, 0.15) is 64.7 Å². The minimum atomic E-state index is 0.736. The largest absolute Gasteiger partial charge is 0.314 e. The Hall–Kier alpha value is -0.300. The van der Waals surface area contributed by atoms with Crippen molar-refractivity contribution in [1.29, 1.82) is 0 Å². The highest BCUT2D eigenvalue weighted by Gasteiger charge is 2.18. The van der Waals surface area contributed by atoms with Gasteiger partial charge in [-0.1, -0.05) is 31.8 Å². The minimum absolute atomic E-state index is 0.736. The quantitative estimate of drug-likeness (QED) is 0.478. The van der Waals surface area contributed by atoms with Gasteiger partial charge in [0.15, 0.2) is 0 Å². The molecule has 0 spiro atoms. The minimum Gasteiger partial charge on any atom is -0.314 e. The Morgan fingerprint density at radius 1 is 1.19 bits per heavy atom. The number of unbranched alkanes of at least 4 members (excludes halogenated alkanes) is 3. The average molecular weight is 223 g/mol. The van der Waals surface area contributed by atoms with Crippen molar-refractivity contribution in [2.24, 2.45) is 5.92 Å². The Kier molecular flexibility index (Phi) is 7.58. The van der Waals surface area contributed by atoms with Crippen molar-refractivity contribution >= 4 is 0 Å². The normalized spacial score (nSPS) is 19.6. The second kappa shape index (κ2) is 8.81. The Morgan fingerprint density at radius 3 is 2.62 bits per heavy atom. The monoisotopic (exact) mass is 223 g/mol. The van der Waals surface area contributed by atoms with Crippen molar-refractivity contribution in [3.05, 3.63) is 12.7 Å². The van der Waals surface area contributed by atoms with Crippen LogP contribution in [0.5, 0.6) is 0 Å². The summed E-state index contributed by atoms with van der Waals surface area (Å²) in [7, 11) is 0. The maximum Gasteiger partial charge on any atom is 0.00669 e. The topological polar surface area (TPSA) is 12.0 Å². The summed E-state index contributed by atoms with van der Waals surface area (Å²) in [4.78, 5) is 0. The van der Waals surface area contributed by atoms with Gasteiger partial charge >= 0.3 is 0 Å². The first-order valence-corrected chi connectivity index (χ1v) is 7.19. The van der Waals surface area contributed by atoms with Crippen LogP contribution in [-0.2, 0) is 0 Å². The lowest BCUT2D eigenvalue weighted by molar-refractivity contribution is 0.281. The summed E-state index contributed by atoms with van der Waals surface area (Å²) in [6, 6.07) is 0.736. The molecule has 1 fully saturated rings. The SMILES string of the molecule is C=CCCCCCN[C@@H](C)C1CCCCC1. The summed E-state index contributed by atoms with van der Waals surface area (Å²) in [6.07, 6.45) is 14.5. The van der Waals surface area contributed by atoms with E-state index < -0.39 is 0 Å². The molecule has 1 N–H and O–H groups in total. The molecule has 0 aromatic heterocycles. The van der Waals surface area contributed by atoms with E-state index in [-0.39, 0.29) is 0 Å². The van der Waals surface area contributed by atoms with Gasteiger partial charge in [0.25, 0.3) is 0 Å². The molecule has 0 aliphatic heterocycles. The van der Waals surface area contributed by atoms with E-state index in [2.05, 4.69) is 18.8 Å². The van der Waals surface area contributed by atoms with Crippen LogP contribution in [0, 0.1) is 5.92 Å². The van der Waals surface area contributed by atoms with E-state index in [1.807, 2.05) is 6.08 Å². The molecule has 0 bridgehead atoms. The van der Waals surface area contributed by atoms with E-state index in [9.17, 15) is 0 Å². The van der Waals surface area contributed by atoms with Gasteiger partial charge in [-0.15, -0.1) is 6.58 Å². The van der Waals surface area contributed by atoms with Crippen LogP contribution in [0.25, 0.3) is 0 Å². The van der Waals surface area contributed by atoms with Crippen LogP contribution in [0.2, 0.25) is 0 Å². The Bertz CT molecular complexity index is 170. The predicted molar refractivity (Wildman–Crippen MR) is 72.7 cm³/mol. The lowest BCUT2D eigenvalue weighted by Crippen LogP contribution is -2.35. The van der Waals surface area contributed by atoms with Crippen molar-refractivity contribution < 1.29 is 0 Å². The van der Waals surface area contributed by atoms with Crippen molar-refractivity contribution in [3.63, 3.8) is 0 Å². The van der Waals surface area contributed by atoms with E-state index in [0.717, 1.165) is 12.0 Å². The van der Waals surface area contributed by atoms with E-state index in [4.69, 9.17) is 0 Å². The molecule has 1 saturated carbocycles. The fourth-order valence-corrected chi connectivity index (χ4v) is 2.72. The fourth-order valence-electron chi connectivity index (χ4n) is 2.72. The molecule has 0 aromatic carbocycles. The second-order valence-corrected chi connectivity index (χ2v) is 5.28. The van der Waals surface area contributed by atoms with Crippen LogP contribution < -0.4 is 5.32 Å². The van der Waals surface area contributed by atoms with Gasteiger partial charge in [0, 0.05) is 6.04 Å². The van der Waals surface area contributed by atoms with Crippen LogP contribution in [0.4, 0.5) is 0 Å². The molecule has 0 saturated heterocycles. The van der Waals surface area contributed by atoms with Crippen LogP contribution in [0.15, 0.2) is 12.7 Å². The van der Waals surface area contributed by atoms with Gasteiger partial charge in [0.2, 0.25) is 0 Å². The molecule has 1 atom stereocenters. The third kappa shape index (κ3) is 5.69. The number of hydrogen-bond acceptors (Lipinski definition) is 1. The molecule has 16 heavy (non-hydrogen) atoms. The van der Waals surface area contributed by atoms with Crippen molar-refractivity contribution in [2.75, 3.05) is 6.54 Å². The predicted octanol–water partition coefficient (Wildman–Crippen LogP) is 4.29. The summed E-state index contributed by atoms with van der Waals surface area (Å²) in [5.41, 5.74) is 0. The first-order valence-electron chi connectivity index (χ1n) is 7.19. The molecule has 0 radical (unpaired) electrons. The average Bonchev–Trinajstić information content (AvgIpc) is 2.34. The lowest BCUT2D eigenvalue weighted by atomic mass is 9.84. The van der Waals surface area contributed by atoms with Crippen molar-refractivity contribution in [3.8, 4) is 0 Å². The van der Waals surface area contributed by atoms with Crippen LogP contribution >= 0.6 is 0 Å². The highest BCUT2D eigenvalue weighted by Crippen LogP contribution is 2.26. The van der Waals surface area contributed by atoms with Gasteiger partial charge in [-0.3, -0.25) is 0 Å². The van der Waals surface area contributed by atoms with Gasteiger partial charge in [0.05, 0.1) is 0 Å². The first-order chi connectivity index (χ1) is 7.84.